The fourth-order valence-corrected chi connectivity index (χ4v) is 3.61. The Labute approximate surface area is 172 Å². The maximum Gasteiger partial charge on any atom is 0.114 e. The van der Waals surface area contributed by atoms with Crippen LogP contribution in [0.5, 0.6) is 0 Å². The first kappa shape index (κ1) is 25.6. The Balaban J connectivity index is 1.88. The zero-order valence-corrected chi connectivity index (χ0v) is 17.9. The Morgan fingerprint density at radius 2 is 1.46 bits per heavy atom. The SMILES string of the molecule is CCCCCCCCCC/C=C/CCCCCO[C@H](CO)[C@H]1OC[C@H](O)[C@H]1O. The maximum atomic E-state index is 9.82. The Hall–Kier alpha value is -0.460. The Morgan fingerprint density at radius 3 is 2.00 bits per heavy atom. The molecule has 0 aromatic rings. The number of ether oxygens (including phenoxy) is 2. The van der Waals surface area contributed by atoms with E-state index in [0.717, 1.165) is 25.7 Å². The molecular weight excluding hydrogens is 356 g/mol. The molecule has 4 atom stereocenters. The summed E-state index contributed by atoms with van der Waals surface area (Å²) in [6.07, 6.45) is 18.0. The molecule has 1 rings (SSSR count). The normalized spacial score (nSPS) is 23.6. The minimum Gasteiger partial charge on any atom is -0.394 e. The summed E-state index contributed by atoms with van der Waals surface area (Å²) < 4.78 is 11.0. The first-order valence-corrected chi connectivity index (χ1v) is 11.6. The summed E-state index contributed by atoms with van der Waals surface area (Å²) in [6.45, 7) is 2.68. The van der Waals surface area contributed by atoms with Gasteiger partial charge >= 0.3 is 0 Å². The number of hydrogen-bond acceptors (Lipinski definition) is 5. The van der Waals surface area contributed by atoms with Gasteiger partial charge in [-0.05, 0) is 32.1 Å². The second kappa shape index (κ2) is 17.4. The van der Waals surface area contributed by atoms with Gasteiger partial charge in [-0.15, -0.1) is 0 Å². The van der Waals surface area contributed by atoms with Crippen molar-refractivity contribution in [2.24, 2.45) is 0 Å². The Morgan fingerprint density at radius 1 is 0.893 bits per heavy atom. The van der Waals surface area contributed by atoms with Gasteiger partial charge in [0.05, 0.1) is 13.2 Å². The molecule has 166 valence electrons. The van der Waals surface area contributed by atoms with Crippen molar-refractivity contribution in [3.05, 3.63) is 12.2 Å². The lowest BCUT2D eigenvalue weighted by molar-refractivity contribution is -0.101. The quantitative estimate of drug-likeness (QED) is 0.238. The lowest BCUT2D eigenvalue weighted by Gasteiger charge is -2.24. The van der Waals surface area contributed by atoms with Gasteiger partial charge in [-0.25, -0.2) is 0 Å². The van der Waals surface area contributed by atoms with E-state index in [9.17, 15) is 15.3 Å². The van der Waals surface area contributed by atoms with Gasteiger partial charge in [0.15, 0.2) is 0 Å². The largest absolute Gasteiger partial charge is 0.394 e. The van der Waals surface area contributed by atoms with Gasteiger partial charge in [-0.3, -0.25) is 0 Å². The second-order valence-corrected chi connectivity index (χ2v) is 8.03. The van der Waals surface area contributed by atoms with Crippen LogP contribution in [0.3, 0.4) is 0 Å². The third-order valence-corrected chi connectivity index (χ3v) is 5.47. The third-order valence-electron chi connectivity index (χ3n) is 5.47. The van der Waals surface area contributed by atoms with E-state index in [1.54, 1.807) is 0 Å². The molecule has 1 fully saturated rings. The first-order chi connectivity index (χ1) is 13.7. The Kier molecular flexibility index (Phi) is 15.9. The van der Waals surface area contributed by atoms with Crippen LogP contribution in [0.1, 0.15) is 90.4 Å². The van der Waals surface area contributed by atoms with Crippen LogP contribution >= 0.6 is 0 Å². The maximum absolute atomic E-state index is 9.82. The number of allylic oxidation sites excluding steroid dienone is 2. The summed E-state index contributed by atoms with van der Waals surface area (Å²) in [4.78, 5) is 0. The van der Waals surface area contributed by atoms with E-state index in [-0.39, 0.29) is 13.2 Å². The lowest BCUT2D eigenvalue weighted by atomic mass is 10.1. The predicted molar refractivity (Wildman–Crippen MR) is 113 cm³/mol. The first-order valence-electron chi connectivity index (χ1n) is 11.6. The summed E-state index contributed by atoms with van der Waals surface area (Å²) in [6, 6.07) is 0. The zero-order valence-electron chi connectivity index (χ0n) is 17.9. The van der Waals surface area contributed by atoms with Crippen LogP contribution in [-0.4, -0.2) is 59.6 Å². The average Bonchev–Trinajstić information content (AvgIpc) is 3.03. The van der Waals surface area contributed by atoms with Crippen molar-refractivity contribution >= 4 is 0 Å². The Bertz CT molecular complexity index is 374. The molecule has 1 aliphatic rings. The highest BCUT2D eigenvalue weighted by Crippen LogP contribution is 2.20. The predicted octanol–water partition coefficient (Wildman–Crippen LogP) is 4.13. The van der Waals surface area contributed by atoms with Gasteiger partial charge in [-0.1, -0.05) is 70.4 Å². The number of unbranched alkanes of at least 4 members (excludes halogenated alkanes) is 11. The van der Waals surface area contributed by atoms with Crippen molar-refractivity contribution in [1.82, 2.24) is 0 Å². The highest BCUT2D eigenvalue weighted by Gasteiger charge is 2.40. The van der Waals surface area contributed by atoms with Crippen LogP contribution in [0, 0.1) is 0 Å². The fraction of sp³-hybridized carbons (Fsp3) is 0.913. The second-order valence-electron chi connectivity index (χ2n) is 8.03. The number of hydrogen-bond donors (Lipinski definition) is 3. The molecule has 0 amide bonds. The monoisotopic (exact) mass is 400 g/mol. The van der Waals surface area contributed by atoms with Gasteiger partial charge < -0.3 is 24.8 Å². The number of aliphatic hydroxyl groups excluding tert-OH is 3. The minimum absolute atomic E-state index is 0.0942. The van der Waals surface area contributed by atoms with Crippen molar-refractivity contribution in [3.8, 4) is 0 Å². The molecule has 0 spiro atoms. The standard InChI is InChI=1S/C23H44O5/c1-2-3-4-5-6-7-8-9-10-11-12-13-14-15-16-17-27-21(18-24)23-22(26)20(25)19-28-23/h11-12,20-26H,2-10,13-19H2,1H3/b12-11+/t20-,21+,22+,23+/m0/s1. The molecule has 5 nitrogen and oxygen atoms in total. The van der Waals surface area contributed by atoms with E-state index in [1.165, 1.54) is 57.8 Å². The fourth-order valence-electron chi connectivity index (χ4n) is 3.61. The zero-order chi connectivity index (χ0) is 20.5. The molecule has 0 radical (unpaired) electrons. The smallest absolute Gasteiger partial charge is 0.114 e. The van der Waals surface area contributed by atoms with Gasteiger partial charge in [0.25, 0.3) is 0 Å². The molecule has 0 aromatic heterocycles. The van der Waals surface area contributed by atoms with E-state index < -0.39 is 24.4 Å². The van der Waals surface area contributed by atoms with Crippen LogP contribution in [0.25, 0.3) is 0 Å². The molecule has 5 heteroatoms. The lowest BCUT2D eigenvalue weighted by Crippen LogP contribution is -2.42. The van der Waals surface area contributed by atoms with Crippen molar-refractivity contribution < 1.29 is 24.8 Å². The van der Waals surface area contributed by atoms with Gasteiger partial charge in [0.1, 0.15) is 24.4 Å². The third kappa shape index (κ3) is 11.5. The molecule has 1 saturated heterocycles. The minimum atomic E-state index is -0.983. The van der Waals surface area contributed by atoms with Gasteiger partial charge in [0, 0.05) is 6.61 Å². The molecule has 0 saturated carbocycles. The summed E-state index contributed by atoms with van der Waals surface area (Å²) in [7, 11) is 0. The molecule has 1 heterocycles. The summed E-state index contributed by atoms with van der Waals surface area (Å²) >= 11 is 0. The molecular formula is C23H44O5. The van der Waals surface area contributed by atoms with Crippen LogP contribution < -0.4 is 0 Å². The van der Waals surface area contributed by atoms with Crippen LogP contribution in [0.2, 0.25) is 0 Å². The summed E-state index contributed by atoms with van der Waals surface area (Å²) in [5.74, 6) is 0. The molecule has 0 unspecified atom stereocenters. The van der Waals surface area contributed by atoms with Crippen LogP contribution in [-0.2, 0) is 9.47 Å². The van der Waals surface area contributed by atoms with E-state index in [1.807, 2.05) is 0 Å². The van der Waals surface area contributed by atoms with Gasteiger partial charge in [0.2, 0.25) is 0 Å². The van der Waals surface area contributed by atoms with E-state index in [2.05, 4.69) is 19.1 Å². The van der Waals surface area contributed by atoms with E-state index in [0.29, 0.717) is 6.61 Å². The van der Waals surface area contributed by atoms with Crippen LogP contribution in [0.15, 0.2) is 12.2 Å². The summed E-state index contributed by atoms with van der Waals surface area (Å²) in [5.41, 5.74) is 0. The van der Waals surface area contributed by atoms with Crippen molar-refractivity contribution in [2.45, 2.75) is 115 Å². The molecule has 0 aliphatic carbocycles. The highest BCUT2D eigenvalue weighted by atomic mass is 16.6. The van der Waals surface area contributed by atoms with Crippen LogP contribution in [0.4, 0.5) is 0 Å². The number of rotatable bonds is 18. The van der Waals surface area contributed by atoms with E-state index >= 15 is 0 Å². The van der Waals surface area contributed by atoms with Crippen molar-refractivity contribution in [2.75, 3.05) is 19.8 Å². The number of aliphatic hydroxyl groups is 3. The van der Waals surface area contributed by atoms with Crippen molar-refractivity contribution in [1.29, 1.82) is 0 Å². The molecule has 1 aliphatic heterocycles. The highest BCUT2D eigenvalue weighted by molar-refractivity contribution is 4.88. The van der Waals surface area contributed by atoms with Gasteiger partial charge in [-0.2, -0.15) is 0 Å². The van der Waals surface area contributed by atoms with E-state index in [4.69, 9.17) is 9.47 Å². The molecule has 0 aromatic carbocycles. The molecule has 28 heavy (non-hydrogen) atoms. The summed E-state index contributed by atoms with van der Waals surface area (Å²) in [5, 5.41) is 28.7. The van der Waals surface area contributed by atoms with Crippen molar-refractivity contribution in [3.63, 3.8) is 0 Å². The molecule has 0 bridgehead atoms. The topological polar surface area (TPSA) is 79.2 Å². The average molecular weight is 401 g/mol. The molecule has 3 N–H and O–H groups in total.